The van der Waals surface area contributed by atoms with Crippen LogP contribution < -0.4 is 10.9 Å². The Morgan fingerprint density at radius 2 is 1.53 bits per heavy atom. The predicted octanol–water partition coefficient (Wildman–Crippen LogP) is 1.58. The van der Waals surface area contributed by atoms with Crippen molar-refractivity contribution in [1.29, 1.82) is 0 Å². The van der Waals surface area contributed by atoms with E-state index in [9.17, 15) is 8.42 Å². The highest BCUT2D eigenvalue weighted by Gasteiger charge is 2.09. The van der Waals surface area contributed by atoms with Gasteiger partial charge >= 0.3 is 0 Å². The topological polar surface area (TPSA) is 86.2 Å². The van der Waals surface area contributed by atoms with Gasteiger partial charge in [0.2, 0.25) is 10.0 Å². The van der Waals surface area contributed by atoms with Crippen LogP contribution in [0.3, 0.4) is 0 Å². The second-order valence-corrected chi connectivity index (χ2v) is 5.34. The molecule has 0 fully saturated rings. The molecule has 0 spiro atoms. The SMILES string of the molecule is CC(C)C.Nc1ccccc1S(N)(=O)=O. The number of hydrogen-bond acceptors (Lipinski definition) is 3. The maximum atomic E-state index is 10.8. The standard InChI is InChI=1S/C6H8N2O2S.C4H10/c7-5-3-1-2-4-6(5)11(8,9)10;1-4(2)3/h1-4H,7H2,(H2,8,9,10);4H,1-3H3. The Kier molecular flexibility index (Phi) is 5.32. The first-order valence-corrected chi connectivity index (χ1v) is 6.17. The highest BCUT2D eigenvalue weighted by atomic mass is 32.2. The van der Waals surface area contributed by atoms with Crippen molar-refractivity contribution in [3.63, 3.8) is 0 Å². The van der Waals surface area contributed by atoms with E-state index in [1.165, 1.54) is 12.1 Å². The summed E-state index contributed by atoms with van der Waals surface area (Å²) in [5, 5.41) is 4.85. The van der Waals surface area contributed by atoms with Gasteiger partial charge in [0, 0.05) is 0 Å². The fraction of sp³-hybridized carbons (Fsp3) is 0.400. The number of hydrogen-bond donors (Lipinski definition) is 2. The second-order valence-electron chi connectivity index (χ2n) is 3.81. The first kappa shape index (κ1) is 13.9. The number of rotatable bonds is 1. The first-order valence-electron chi connectivity index (χ1n) is 4.62. The van der Waals surface area contributed by atoms with Crippen molar-refractivity contribution in [2.24, 2.45) is 11.1 Å². The molecule has 0 aliphatic heterocycles. The fourth-order valence-electron chi connectivity index (χ4n) is 0.740. The molecule has 0 bridgehead atoms. The fourth-order valence-corrected chi connectivity index (χ4v) is 1.40. The summed E-state index contributed by atoms with van der Waals surface area (Å²) in [4.78, 5) is -0.0278. The molecule has 1 aromatic carbocycles. The largest absolute Gasteiger partial charge is 0.398 e. The minimum absolute atomic E-state index is 0.0278. The maximum Gasteiger partial charge on any atom is 0.240 e. The Morgan fingerprint density at radius 3 is 1.80 bits per heavy atom. The molecule has 86 valence electrons. The third-order valence-corrected chi connectivity index (χ3v) is 2.21. The average molecular weight is 230 g/mol. The van der Waals surface area contributed by atoms with E-state index < -0.39 is 10.0 Å². The van der Waals surface area contributed by atoms with E-state index in [2.05, 4.69) is 20.8 Å². The smallest absolute Gasteiger partial charge is 0.240 e. The quantitative estimate of drug-likeness (QED) is 0.718. The Balaban J connectivity index is 0.000000423. The summed E-state index contributed by atoms with van der Waals surface area (Å²) in [5.41, 5.74) is 5.52. The predicted molar refractivity (Wildman–Crippen MR) is 62.7 cm³/mol. The second kappa shape index (κ2) is 5.72. The van der Waals surface area contributed by atoms with Gasteiger partial charge in [0.05, 0.1) is 5.69 Å². The summed E-state index contributed by atoms with van der Waals surface area (Å²) < 4.78 is 21.5. The van der Waals surface area contributed by atoms with Crippen LogP contribution in [0.15, 0.2) is 29.2 Å². The Bertz CT molecular complexity index is 397. The van der Waals surface area contributed by atoms with E-state index in [1.807, 2.05) is 0 Å². The third-order valence-electron chi connectivity index (χ3n) is 1.23. The zero-order chi connectivity index (χ0) is 12.1. The van der Waals surface area contributed by atoms with Crippen molar-refractivity contribution in [1.82, 2.24) is 0 Å². The summed E-state index contributed by atoms with van der Waals surface area (Å²) in [7, 11) is -3.66. The molecule has 4 N–H and O–H groups in total. The molecule has 0 unspecified atom stereocenters. The maximum absolute atomic E-state index is 10.8. The highest BCUT2D eigenvalue weighted by molar-refractivity contribution is 7.89. The lowest BCUT2D eigenvalue weighted by Gasteiger charge is -2.00. The third kappa shape index (κ3) is 6.09. The number of sulfonamides is 1. The molecule has 1 aromatic rings. The van der Waals surface area contributed by atoms with E-state index in [-0.39, 0.29) is 10.6 Å². The molecule has 0 aromatic heterocycles. The van der Waals surface area contributed by atoms with Crippen LogP contribution in [0.2, 0.25) is 0 Å². The van der Waals surface area contributed by atoms with Gasteiger partial charge in [0.15, 0.2) is 0 Å². The van der Waals surface area contributed by atoms with Gasteiger partial charge in [-0.25, -0.2) is 13.6 Å². The molecule has 0 aliphatic rings. The van der Waals surface area contributed by atoms with Crippen LogP contribution in [0.25, 0.3) is 0 Å². The summed E-state index contributed by atoms with van der Waals surface area (Å²) in [5.74, 6) is 0.833. The molecule has 0 saturated heterocycles. The molecular formula is C10H18N2O2S. The monoisotopic (exact) mass is 230 g/mol. The zero-order valence-corrected chi connectivity index (χ0v) is 10.1. The Morgan fingerprint density at radius 1 is 1.13 bits per heavy atom. The summed E-state index contributed by atoms with van der Waals surface area (Å²) in [6, 6.07) is 6.06. The van der Waals surface area contributed by atoms with E-state index in [4.69, 9.17) is 10.9 Å². The molecule has 15 heavy (non-hydrogen) atoms. The molecule has 0 atom stereocenters. The first-order chi connectivity index (χ1) is 6.75. The minimum atomic E-state index is -3.66. The summed E-state index contributed by atoms with van der Waals surface area (Å²) in [6.07, 6.45) is 0. The lowest BCUT2D eigenvalue weighted by atomic mass is 10.3. The van der Waals surface area contributed by atoms with Crippen LogP contribution in [-0.2, 0) is 10.0 Å². The van der Waals surface area contributed by atoms with Crippen LogP contribution in [0.5, 0.6) is 0 Å². The Labute approximate surface area is 91.3 Å². The van der Waals surface area contributed by atoms with Crippen molar-refractivity contribution >= 4 is 15.7 Å². The van der Waals surface area contributed by atoms with Crippen LogP contribution in [0.4, 0.5) is 5.69 Å². The van der Waals surface area contributed by atoms with Gasteiger partial charge in [-0.1, -0.05) is 32.9 Å². The average Bonchev–Trinajstić information content (AvgIpc) is 2.01. The molecule has 4 nitrogen and oxygen atoms in total. The van der Waals surface area contributed by atoms with Crippen molar-refractivity contribution in [3.8, 4) is 0 Å². The van der Waals surface area contributed by atoms with Crippen molar-refractivity contribution in [3.05, 3.63) is 24.3 Å². The number of benzene rings is 1. The van der Waals surface area contributed by atoms with Gasteiger partial charge < -0.3 is 5.73 Å². The van der Waals surface area contributed by atoms with Crippen LogP contribution >= 0.6 is 0 Å². The molecule has 0 saturated carbocycles. The molecule has 0 radical (unpaired) electrons. The number of para-hydroxylation sites is 1. The number of primary sulfonamides is 1. The van der Waals surface area contributed by atoms with E-state index in [0.29, 0.717) is 0 Å². The van der Waals surface area contributed by atoms with Crippen LogP contribution in [0.1, 0.15) is 20.8 Å². The minimum Gasteiger partial charge on any atom is -0.398 e. The van der Waals surface area contributed by atoms with Gasteiger partial charge in [-0.2, -0.15) is 0 Å². The van der Waals surface area contributed by atoms with E-state index >= 15 is 0 Å². The molecular weight excluding hydrogens is 212 g/mol. The van der Waals surface area contributed by atoms with Crippen LogP contribution in [-0.4, -0.2) is 8.42 Å². The zero-order valence-electron chi connectivity index (χ0n) is 9.27. The van der Waals surface area contributed by atoms with Crippen molar-refractivity contribution < 1.29 is 8.42 Å². The molecule has 0 heterocycles. The van der Waals surface area contributed by atoms with E-state index in [0.717, 1.165) is 5.92 Å². The highest BCUT2D eigenvalue weighted by Crippen LogP contribution is 2.14. The van der Waals surface area contributed by atoms with Gasteiger partial charge in [-0.3, -0.25) is 0 Å². The van der Waals surface area contributed by atoms with Gasteiger partial charge in [0.25, 0.3) is 0 Å². The van der Waals surface area contributed by atoms with Crippen molar-refractivity contribution in [2.75, 3.05) is 5.73 Å². The number of anilines is 1. The molecule has 0 aliphatic carbocycles. The number of nitrogen functional groups attached to an aromatic ring is 1. The van der Waals surface area contributed by atoms with Gasteiger partial charge in [-0.05, 0) is 18.1 Å². The molecule has 0 amide bonds. The number of nitrogens with two attached hydrogens (primary N) is 2. The lowest BCUT2D eigenvalue weighted by Crippen LogP contribution is -2.13. The van der Waals surface area contributed by atoms with Gasteiger partial charge in [0.1, 0.15) is 4.90 Å². The van der Waals surface area contributed by atoms with E-state index in [1.54, 1.807) is 12.1 Å². The van der Waals surface area contributed by atoms with Crippen molar-refractivity contribution in [2.45, 2.75) is 25.7 Å². The van der Waals surface area contributed by atoms with Crippen LogP contribution in [0, 0.1) is 5.92 Å². The Hall–Kier alpha value is -1.07. The van der Waals surface area contributed by atoms with Gasteiger partial charge in [-0.15, -0.1) is 0 Å². The lowest BCUT2D eigenvalue weighted by molar-refractivity contribution is 0.598. The normalized spacial score (nSPS) is 10.7. The molecule has 5 heteroatoms. The molecule has 1 rings (SSSR count). The summed E-state index contributed by atoms with van der Waals surface area (Å²) in [6.45, 7) is 6.50. The summed E-state index contributed by atoms with van der Waals surface area (Å²) >= 11 is 0.